The van der Waals surface area contributed by atoms with Crippen molar-refractivity contribution in [2.45, 2.75) is 6.42 Å². The Bertz CT molecular complexity index is 1950. The summed E-state index contributed by atoms with van der Waals surface area (Å²) in [5.41, 5.74) is 11.0. The summed E-state index contributed by atoms with van der Waals surface area (Å²) in [5.74, 6) is 0.883. The summed E-state index contributed by atoms with van der Waals surface area (Å²) in [4.78, 5) is 4.68. The van der Waals surface area contributed by atoms with E-state index in [1.54, 1.807) is 0 Å². The van der Waals surface area contributed by atoms with Gasteiger partial charge in [0.15, 0.2) is 0 Å². The third-order valence-corrected chi connectivity index (χ3v) is 7.33. The zero-order valence-electron chi connectivity index (χ0n) is 20.4. The van der Waals surface area contributed by atoms with Gasteiger partial charge in [-0.2, -0.15) is 12.1 Å². The molecule has 6 heteroatoms. The molecule has 0 unspecified atom stereocenters. The van der Waals surface area contributed by atoms with Gasteiger partial charge < -0.3 is 19.6 Å². The van der Waals surface area contributed by atoms with Crippen molar-refractivity contribution in [3.8, 4) is 11.5 Å². The summed E-state index contributed by atoms with van der Waals surface area (Å²) in [7, 11) is 0. The maximum atomic E-state index is 4.68. The second-order valence-electron chi connectivity index (χ2n) is 9.45. The van der Waals surface area contributed by atoms with E-state index in [1.165, 1.54) is 16.2 Å². The Morgan fingerprint density at radius 1 is 0.632 bits per heavy atom. The van der Waals surface area contributed by atoms with Crippen LogP contribution in [0.15, 0.2) is 97.2 Å². The number of pyridine rings is 1. The summed E-state index contributed by atoms with van der Waals surface area (Å²) >= 11 is 0. The Morgan fingerprint density at radius 2 is 1.26 bits per heavy atom. The fourth-order valence-corrected chi connectivity index (χ4v) is 5.70. The minimum Gasteiger partial charge on any atom is -0.570 e. The number of benzene rings is 4. The standard InChI is InChI=1S/C32H22N5.Pt/c1-3-10-28-24(8-1)26-15-13-22(35-19-7-18-34-35)20-30(26)36(28)23-14-16-27-25-9-2-4-11-29(25)37(31(27)21-23)32-12-5-6-17-33-32;/h1-6,8-17H,7,18-19H2;/q-3;. The summed E-state index contributed by atoms with van der Waals surface area (Å²) < 4.78 is 4.49. The van der Waals surface area contributed by atoms with Crippen LogP contribution in [0, 0.1) is 12.1 Å². The molecule has 8 rings (SSSR count). The number of aromatic nitrogens is 3. The molecule has 0 spiro atoms. The molecule has 4 aromatic carbocycles. The predicted octanol–water partition coefficient (Wildman–Crippen LogP) is 7.37. The fourth-order valence-electron chi connectivity index (χ4n) is 5.70. The van der Waals surface area contributed by atoms with Crippen LogP contribution < -0.4 is 5.01 Å². The van der Waals surface area contributed by atoms with Crippen LogP contribution in [0.4, 0.5) is 5.69 Å². The molecular formula is C32H22N5Pt-3. The Kier molecular flexibility index (Phi) is 5.57. The van der Waals surface area contributed by atoms with E-state index in [0.717, 1.165) is 64.2 Å². The summed E-state index contributed by atoms with van der Waals surface area (Å²) in [5, 5.41) is 6.81. The normalized spacial score (nSPS) is 13.6. The molecule has 0 saturated carbocycles. The van der Waals surface area contributed by atoms with Crippen LogP contribution in [0.2, 0.25) is 0 Å². The van der Waals surface area contributed by atoms with E-state index in [2.05, 4.69) is 109 Å². The van der Waals surface area contributed by atoms with Gasteiger partial charge >= 0.3 is 0 Å². The number of anilines is 1. The maximum Gasteiger partial charge on any atom is 0.135 e. The number of para-hydroxylation sites is 2. The first-order valence-corrected chi connectivity index (χ1v) is 12.6. The molecule has 1 saturated heterocycles. The smallest absolute Gasteiger partial charge is 0.135 e. The van der Waals surface area contributed by atoms with Crippen LogP contribution in [0.5, 0.6) is 0 Å². The number of hydrogen-bond acceptors (Lipinski definition) is 2. The number of nitrogens with zero attached hydrogens (tertiary/aromatic N) is 5. The quantitative estimate of drug-likeness (QED) is 0.184. The SMILES string of the molecule is [Pt].[c-]1c(N2CCC[N-]2)ccc2c3ccccc3n(-c3[c-]c4c(cc3)c3ccccc3n4-c3ccccn3)c12. The molecule has 0 amide bonds. The Hall–Kier alpha value is -3.92. The van der Waals surface area contributed by atoms with Gasteiger partial charge in [0.05, 0.1) is 0 Å². The first-order chi connectivity index (χ1) is 18.4. The first-order valence-electron chi connectivity index (χ1n) is 12.6. The molecule has 3 aromatic heterocycles. The topological polar surface area (TPSA) is 40.1 Å². The Morgan fingerprint density at radius 3 is 1.95 bits per heavy atom. The predicted molar refractivity (Wildman–Crippen MR) is 151 cm³/mol. The molecule has 7 aromatic rings. The van der Waals surface area contributed by atoms with Gasteiger partial charge in [-0.05, 0) is 41.6 Å². The molecule has 0 N–H and O–H groups in total. The average Bonchev–Trinajstić information content (AvgIpc) is 3.68. The third kappa shape index (κ3) is 3.43. The molecule has 0 aliphatic carbocycles. The van der Waals surface area contributed by atoms with Crippen LogP contribution in [0.25, 0.3) is 60.5 Å². The van der Waals surface area contributed by atoms with Crippen LogP contribution in [-0.2, 0) is 21.1 Å². The van der Waals surface area contributed by atoms with Crippen molar-refractivity contribution in [3.05, 3.63) is 115 Å². The monoisotopic (exact) mass is 671 g/mol. The molecular weight excluding hydrogens is 649 g/mol. The van der Waals surface area contributed by atoms with Gasteiger partial charge in [-0.1, -0.05) is 71.3 Å². The van der Waals surface area contributed by atoms with Gasteiger partial charge in [0.2, 0.25) is 0 Å². The van der Waals surface area contributed by atoms with Crippen molar-refractivity contribution in [1.82, 2.24) is 14.1 Å². The molecule has 0 atom stereocenters. The largest absolute Gasteiger partial charge is 0.570 e. The summed E-state index contributed by atoms with van der Waals surface area (Å²) in [6, 6.07) is 39.3. The fraction of sp³-hybridized carbons (Fsp3) is 0.0938. The second-order valence-corrected chi connectivity index (χ2v) is 9.45. The maximum absolute atomic E-state index is 4.68. The van der Waals surface area contributed by atoms with E-state index >= 15 is 0 Å². The van der Waals surface area contributed by atoms with Crippen molar-refractivity contribution >= 4 is 49.3 Å². The van der Waals surface area contributed by atoms with Crippen molar-refractivity contribution in [3.63, 3.8) is 0 Å². The molecule has 1 aliphatic heterocycles. The molecule has 38 heavy (non-hydrogen) atoms. The van der Waals surface area contributed by atoms with Crippen LogP contribution >= 0.6 is 0 Å². The van der Waals surface area contributed by atoms with E-state index in [1.807, 2.05) is 24.4 Å². The van der Waals surface area contributed by atoms with Crippen molar-refractivity contribution in [2.75, 3.05) is 18.1 Å². The van der Waals surface area contributed by atoms with E-state index in [-0.39, 0.29) is 21.1 Å². The van der Waals surface area contributed by atoms with Crippen LogP contribution in [-0.4, -0.2) is 27.2 Å². The van der Waals surface area contributed by atoms with E-state index in [4.69, 9.17) is 0 Å². The number of fused-ring (bicyclic) bond motifs is 6. The van der Waals surface area contributed by atoms with Gasteiger partial charge in [0.1, 0.15) is 5.82 Å². The molecule has 0 radical (unpaired) electrons. The van der Waals surface area contributed by atoms with Crippen molar-refractivity contribution in [2.24, 2.45) is 0 Å². The van der Waals surface area contributed by atoms with Gasteiger partial charge in [0.25, 0.3) is 0 Å². The van der Waals surface area contributed by atoms with E-state index in [9.17, 15) is 0 Å². The minimum atomic E-state index is 0. The van der Waals surface area contributed by atoms with Crippen LogP contribution in [0.3, 0.4) is 0 Å². The third-order valence-electron chi connectivity index (χ3n) is 7.33. The molecule has 1 aliphatic rings. The zero-order chi connectivity index (χ0) is 24.3. The van der Waals surface area contributed by atoms with Gasteiger partial charge in [-0.15, -0.1) is 41.6 Å². The zero-order valence-corrected chi connectivity index (χ0v) is 22.7. The summed E-state index contributed by atoms with van der Waals surface area (Å²) in [6.07, 6.45) is 2.92. The number of rotatable bonds is 3. The average molecular weight is 672 g/mol. The molecule has 188 valence electrons. The van der Waals surface area contributed by atoms with Gasteiger partial charge in [-0.25, -0.2) is 4.98 Å². The van der Waals surface area contributed by atoms with E-state index < -0.39 is 0 Å². The first kappa shape index (κ1) is 23.2. The van der Waals surface area contributed by atoms with Crippen molar-refractivity contribution < 1.29 is 21.1 Å². The second kappa shape index (κ2) is 9.12. The molecule has 0 bridgehead atoms. The van der Waals surface area contributed by atoms with E-state index in [0.29, 0.717) is 0 Å². The van der Waals surface area contributed by atoms with Gasteiger partial charge in [-0.3, -0.25) is 0 Å². The summed E-state index contributed by atoms with van der Waals surface area (Å²) in [6.45, 7) is 1.81. The molecule has 1 fully saturated rings. The van der Waals surface area contributed by atoms with Crippen LogP contribution in [0.1, 0.15) is 6.42 Å². The Labute approximate surface area is 234 Å². The Balaban J connectivity index is 0.00000242. The molecule has 5 nitrogen and oxygen atoms in total. The minimum absolute atomic E-state index is 0. The van der Waals surface area contributed by atoms with Crippen molar-refractivity contribution in [1.29, 1.82) is 0 Å². The van der Waals surface area contributed by atoms with Gasteiger partial charge in [0, 0.05) is 38.3 Å². The number of hydrogen-bond donors (Lipinski definition) is 0. The molecule has 4 heterocycles.